The van der Waals surface area contributed by atoms with E-state index in [2.05, 4.69) is 10.1 Å². The molecule has 0 heterocycles. The van der Waals surface area contributed by atoms with Crippen LogP contribution < -0.4 is 15.8 Å². The molecule has 0 radical (unpaired) electrons. The number of nitrogens with two attached hydrogens (primary N) is 1. The van der Waals surface area contributed by atoms with E-state index in [9.17, 15) is 9.59 Å². The van der Waals surface area contributed by atoms with Crippen LogP contribution in [0.4, 0.5) is 5.69 Å². The van der Waals surface area contributed by atoms with Gasteiger partial charge in [-0.25, -0.2) is 4.79 Å². The van der Waals surface area contributed by atoms with Crippen molar-refractivity contribution >= 4 is 17.6 Å². The first kappa shape index (κ1) is 17.3. The van der Waals surface area contributed by atoms with Crippen LogP contribution in [0.25, 0.3) is 0 Å². The first-order chi connectivity index (χ1) is 10.9. The van der Waals surface area contributed by atoms with Crippen molar-refractivity contribution in [3.63, 3.8) is 0 Å². The van der Waals surface area contributed by atoms with Crippen molar-refractivity contribution < 1.29 is 19.1 Å². The van der Waals surface area contributed by atoms with Crippen LogP contribution in [0.1, 0.15) is 37.7 Å². The van der Waals surface area contributed by atoms with Gasteiger partial charge in [0.1, 0.15) is 5.75 Å². The molecule has 6 heteroatoms. The van der Waals surface area contributed by atoms with Crippen molar-refractivity contribution in [2.24, 2.45) is 5.73 Å². The number of amides is 1. The van der Waals surface area contributed by atoms with E-state index in [0.29, 0.717) is 11.4 Å². The van der Waals surface area contributed by atoms with Gasteiger partial charge in [-0.1, -0.05) is 19.3 Å². The fraction of sp³-hybridized carbons (Fsp3) is 0.529. The number of esters is 1. The minimum atomic E-state index is -0.773. The molecule has 0 aliphatic heterocycles. The Morgan fingerprint density at radius 2 is 1.96 bits per heavy atom. The summed E-state index contributed by atoms with van der Waals surface area (Å²) in [5.74, 6) is -0.0306. The molecule has 0 aromatic heterocycles. The summed E-state index contributed by atoms with van der Waals surface area (Å²) in [6, 6.07) is 5.23. The van der Waals surface area contributed by atoms with Crippen molar-refractivity contribution in [2.75, 3.05) is 19.0 Å². The normalized spacial score (nSPS) is 16.5. The quantitative estimate of drug-likeness (QED) is 0.811. The number of nitrogens with one attached hydrogen (secondary N) is 1. The number of benzene rings is 1. The molecule has 0 spiro atoms. The molecule has 3 N–H and O–H groups in total. The highest BCUT2D eigenvalue weighted by molar-refractivity contribution is 5.98. The molecule has 0 bridgehead atoms. The summed E-state index contributed by atoms with van der Waals surface area (Å²) in [4.78, 5) is 23.5. The summed E-state index contributed by atoms with van der Waals surface area (Å²) in [7, 11) is 1.31. The van der Waals surface area contributed by atoms with Crippen molar-refractivity contribution in [3.05, 3.63) is 23.8 Å². The van der Waals surface area contributed by atoms with E-state index in [1.807, 2.05) is 6.92 Å². The molecule has 6 nitrogen and oxygen atoms in total. The second-order valence-electron chi connectivity index (χ2n) is 6.01. The summed E-state index contributed by atoms with van der Waals surface area (Å²) in [6.07, 6.45) is 4.56. The highest BCUT2D eigenvalue weighted by Gasteiger charge is 2.35. The van der Waals surface area contributed by atoms with Crippen LogP contribution in [0.5, 0.6) is 5.75 Å². The topological polar surface area (TPSA) is 90.6 Å². The maximum Gasteiger partial charge on any atom is 0.343 e. The van der Waals surface area contributed by atoms with E-state index >= 15 is 0 Å². The third-order valence-electron chi connectivity index (χ3n) is 4.23. The minimum absolute atomic E-state index is 0.136. The third kappa shape index (κ3) is 4.45. The molecule has 2 rings (SSSR count). The minimum Gasteiger partial charge on any atom is -0.482 e. The summed E-state index contributed by atoms with van der Waals surface area (Å²) < 4.78 is 9.85. The molecule has 1 aliphatic rings. The lowest BCUT2D eigenvalue weighted by Crippen LogP contribution is -2.52. The number of carbonyl (C=O) groups excluding carboxylic acids is 2. The van der Waals surface area contributed by atoms with Gasteiger partial charge in [0.2, 0.25) is 5.91 Å². The van der Waals surface area contributed by atoms with Crippen LogP contribution in [0.2, 0.25) is 0 Å². The van der Waals surface area contributed by atoms with Gasteiger partial charge in [-0.2, -0.15) is 0 Å². The molecule has 1 fully saturated rings. The van der Waals surface area contributed by atoms with Crippen LogP contribution in [-0.2, 0) is 14.3 Å². The van der Waals surface area contributed by atoms with Crippen LogP contribution in [0, 0.1) is 6.92 Å². The van der Waals surface area contributed by atoms with Crippen LogP contribution in [0.3, 0.4) is 0 Å². The van der Waals surface area contributed by atoms with Gasteiger partial charge in [0.25, 0.3) is 0 Å². The molecule has 0 saturated heterocycles. The van der Waals surface area contributed by atoms with Crippen LogP contribution >= 0.6 is 0 Å². The second kappa shape index (κ2) is 7.46. The van der Waals surface area contributed by atoms with E-state index in [4.69, 9.17) is 10.5 Å². The van der Waals surface area contributed by atoms with Crippen LogP contribution in [-0.4, -0.2) is 31.1 Å². The monoisotopic (exact) mass is 320 g/mol. The molecule has 0 unspecified atom stereocenters. The zero-order valence-corrected chi connectivity index (χ0v) is 13.7. The molecule has 1 aromatic rings. The van der Waals surface area contributed by atoms with Gasteiger partial charge in [0.15, 0.2) is 6.61 Å². The SMILES string of the molecule is COC(=O)COc1ccc(NC(=O)C2(N)CCCCC2)c(C)c1. The lowest BCUT2D eigenvalue weighted by atomic mass is 9.82. The van der Waals surface area contributed by atoms with Gasteiger partial charge in [0.05, 0.1) is 12.6 Å². The Morgan fingerprint density at radius 1 is 1.26 bits per heavy atom. The van der Waals surface area contributed by atoms with Crippen molar-refractivity contribution in [3.8, 4) is 5.75 Å². The number of aryl methyl sites for hydroxylation is 1. The average molecular weight is 320 g/mol. The highest BCUT2D eigenvalue weighted by atomic mass is 16.6. The molecule has 1 aromatic carbocycles. The zero-order chi connectivity index (χ0) is 16.9. The van der Waals surface area contributed by atoms with Gasteiger partial charge in [-0.3, -0.25) is 4.79 Å². The van der Waals surface area contributed by atoms with Gasteiger partial charge in [0, 0.05) is 5.69 Å². The highest BCUT2D eigenvalue weighted by Crippen LogP contribution is 2.28. The summed E-state index contributed by atoms with van der Waals surface area (Å²) in [6.45, 7) is 1.72. The number of anilines is 1. The van der Waals surface area contributed by atoms with E-state index in [1.54, 1.807) is 18.2 Å². The second-order valence-corrected chi connectivity index (χ2v) is 6.01. The molecule has 1 saturated carbocycles. The van der Waals surface area contributed by atoms with Crippen molar-refractivity contribution in [1.29, 1.82) is 0 Å². The number of ether oxygens (including phenoxy) is 2. The summed E-state index contributed by atoms with van der Waals surface area (Å²) >= 11 is 0. The lowest BCUT2D eigenvalue weighted by molar-refractivity contribution is -0.142. The Morgan fingerprint density at radius 3 is 2.57 bits per heavy atom. The maximum atomic E-state index is 12.5. The Bertz CT molecular complexity index is 580. The van der Waals surface area contributed by atoms with Gasteiger partial charge >= 0.3 is 5.97 Å². The summed E-state index contributed by atoms with van der Waals surface area (Å²) in [5, 5.41) is 2.91. The first-order valence-electron chi connectivity index (χ1n) is 7.85. The first-order valence-corrected chi connectivity index (χ1v) is 7.85. The predicted molar refractivity (Wildman–Crippen MR) is 87.3 cm³/mol. The third-order valence-corrected chi connectivity index (χ3v) is 4.23. The number of methoxy groups -OCH3 is 1. The number of hydrogen-bond acceptors (Lipinski definition) is 5. The molecule has 0 atom stereocenters. The van der Waals surface area contributed by atoms with Crippen LogP contribution in [0.15, 0.2) is 18.2 Å². The van der Waals surface area contributed by atoms with Gasteiger partial charge < -0.3 is 20.5 Å². The number of hydrogen-bond donors (Lipinski definition) is 2. The molecule has 1 aliphatic carbocycles. The Kier molecular flexibility index (Phi) is 5.60. The van der Waals surface area contributed by atoms with Gasteiger partial charge in [-0.15, -0.1) is 0 Å². The van der Waals surface area contributed by atoms with Gasteiger partial charge in [-0.05, 0) is 43.5 Å². The smallest absolute Gasteiger partial charge is 0.343 e. The van der Waals surface area contributed by atoms with E-state index in [0.717, 1.165) is 37.7 Å². The fourth-order valence-corrected chi connectivity index (χ4v) is 2.72. The predicted octanol–water partition coefficient (Wildman–Crippen LogP) is 2.15. The maximum absolute atomic E-state index is 12.5. The van der Waals surface area contributed by atoms with Crippen molar-refractivity contribution in [1.82, 2.24) is 0 Å². The number of rotatable bonds is 5. The van der Waals surface area contributed by atoms with E-state index in [-0.39, 0.29) is 12.5 Å². The Balaban J connectivity index is 2.00. The summed E-state index contributed by atoms with van der Waals surface area (Å²) in [5.41, 5.74) is 7.02. The van der Waals surface area contributed by atoms with E-state index in [1.165, 1.54) is 7.11 Å². The standard InChI is InChI=1S/C17H24N2O4/c1-12-10-13(23-11-15(20)22-2)6-7-14(12)19-16(21)17(18)8-4-3-5-9-17/h6-7,10H,3-5,8-9,11,18H2,1-2H3,(H,19,21). The number of carbonyl (C=O) groups is 2. The molecular weight excluding hydrogens is 296 g/mol. The largest absolute Gasteiger partial charge is 0.482 e. The molecule has 126 valence electrons. The lowest BCUT2D eigenvalue weighted by Gasteiger charge is -2.32. The zero-order valence-electron chi connectivity index (χ0n) is 13.7. The molecule has 23 heavy (non-hydrogen) atoms. The average Bonchev–Trinajstić information content (AvgIpc) is 2.55. The Labute approximate surface area is 136 Å². The van der Waals surface area contributed by atoms with Crippen molar-refractivity contribution in [2.45, 2.75) is 44.6 Å². The van der Waals surface area contributed by atoms with E-state index < -0.39 is 11.5 Å². The Hall–Kier alpha value is -2.08. The fourth-order valence-electron chi connectivity index (χ4n) is 2.72. The molecule has 1 amide bonds. The molecular formula is C17H24N2O4.